The zero-order chi connectivity index (χ0) is 25.8. The highest BCUT2D eigenvalue weighted by Crippen LogP contribution is 2.01. The Kier molecular flexibility index (Phi) is 24.1. The van der Waals surface area contributed by atoms with E-state index in [0.717, 1.165) is 30.9 Å². The van der Waals surface area contributed by atoms with Gasteiger partial charge in [-0.2, -0.15) is 0 Å². The van der Waals surface area contributed by atoms with Crippen molar-refractivity contribution < 1.29 is 38.0 Å². The fraction of sp³-hybridized carbons (Fsp3) is 0.731. The molecular formula is C26H44ClNO8. The van der Waals surface area contributed by atoms with Crippen LogP contribution in [-0.4, -0.2) is 97.8 Å². The third kappa shape index (κ3) is 23.0. The normalized spacial score (nSPS) is 11.0. The Labute approximate surface area is 221 Å². The van der Waals surface area contributed by atoms with E-state index in [-0.39, 0.29) is 6.61 Å². The van der Waals surface area contributed by atoms with Crippen LogP contribution in [0.2, 0.25) is 0 Å². The highest BCUT2D eigenvalue weighted by atomic mass is 35.5. The Balaban J connectivity index is 1.68. The van der Waals surface area contributed by atoms with Crippen LogP contribution >= 0.6 is 11.6 Å². The second-order valence-electron chi connectivity index (χ2n) is 7.77. The lowest BCUT2D eigenvalue weighted by Gasteiger charge is -2.09. The van der Waals surface area contributed by atoms with Gasteiger partial charge in [-0.15, -0.1) is 11.6 Å². The molecule has 0 aliphatic heterocycles. The van der Waals surface area contributed by atoms with Gasteiger partial charge in [0.05, 0.1) is 72.7 Å². The molecule has 1 aromatic carbocycles. The number of benzene rings is 1. The van der Waals surface area contributed by atoms with Gasteiger partial charge in [-0.05, 0) is 18.4 Å². The molecule has 1 amide bonds. The van der Waals surface area contributed by atoms with Crippen molar-refractivity contribution in [2.45, 2.75) is 32.3 Å². The topological polar surface area (TPSA) is 93.7 Å². The Bertz CT molecular complexity index is 597. The summed E-state index contributed by atoms with van der Waals surface area (Å²) in [7, 11) is 0. The largest absolute Gasteiger partial charge is 0.445 e. The summed E-state index contributed by atoms with van der Waals surface area (Å²) >= 11 is 5.64. The average molecular weight is 534 g/mol. The van der Waals surface area contributed by atoms with Crippen LogP contribution in [0.1, 0.15) is 31.2 Å². The van der Waals surface area contributed by atoms with E-state index in [2.05, 4.69) is 5.32 Å². The number of ether oxygens (including phenoxy) is 7. The number of rotatable bonds is 26. The molecule has 0 aliphatic rings. The number of nitrogens with one attached hydrogen (secondary N) is 1. The van der Waals surface area contributed by atoms with E-state index in [1.807, 2.05) is 30.3 Å². The number of carbonyl (C=O) groups is 1. The van der Waals surface area contributed by atoms with Gasteiger partial charge < -0.3 is 38.5 Å². The average Bonchev–Trinajstić information content (AvgIpc) is 2.90. The number of hydrogen-bond donors (Lipinski definition) is 1. The highest BCUT2D eigenvalue weighted by Gasteiger charge is 2.01. The lowest BCUT2D eigenvalue weighted by molar-refractivity contribution is -0.0167. The molecule has 10 heteroatoms. The number of carbonyl (C=O) groups excluding carboxylic acids is 1. The first kappa shape index (κ1) is 32.6. The van der Waals surface area contributed by atoms with Crippen molar-refractivity contribution in [2.24, 2.45) is 0 Å². The third-order valence-electron chi connectivity index (χ3n) is 4.76. The van der Waals surface area contributed by atoms with Crippen molar-refractivity contribution in [2.75, 3.05) is 91.7 Å². The first-order valence-corrected chi connectivity index (χ1v) is 13.3. The molecular weight excluding hydrogens is 490 g/mol. The van der Waals surface area contributed by atoms with Gasteiger partial charge in [0.25, 0.3) is 0 Å². The summed E-state index contributed by atoms with van der Waals surface area (Å²) in [5.74, 6) is 0.742. The predicted molar refractivity (Wildman–Crippen MR) is 139 cm³/mol. The molecule has 1 aromatic rings. The molecule has 0 radical (unpaired) electrons. The van der Waals surface area contributed by atoms with Gasteiger partial charge in [-0.1, -0.05) is 43.2 Å². The summed E-state index contributed by atoms with van der Waals surface area (Å²) < 4.78 is 37.8. The van der Waals surface area contributed by atoms with Crippen molar-refractivity contribution in [3.8, 4) is 0 Å². The number of alkyl halides is 1. The highest BCUT2D eigenvalue weighted by molar-refractivity contribution is 6.17. The molecule has 0 saturated carbocycles. The molecule has 0 atom stereocenters. The molecule has 0 aromatic heterocycles. The fourth-order valence-corrected chi connectivity index (χ4v) is 3.04. The Morgan fingerprint density at radius 1 is 0.611 bits per heavy atom. The quantitative estimate of drug-likeness (QED) is 0.142. The summed E-state index contributed by atoms with van der Waals surface area (Å²) in [5, 5.41) is 2.64. The van der Waals surface area contributed by atoms with Crippen molar-refractivity contribution in [1.29, 1.82) is 0 Å². The Morgan fingerprint density at radius 2 is 1.08 bits per heavy atom. The van der Waals surface area contributed by atoms with Gasteiger partial charge in [-0.25, -0.2) is 4.79 Å². The van der Waals surface area contributed by atoms with Gasteiger partial charge in [0.2, 0.25) is 0 Å². The Morgan fingerprint density at radius 3 is 1.61 bits per heavy atom. The molecule has 0 saturated heterocycles. The SMILES string of the molecule is O=C(NCCOCCOCCOCCOCCOCCOCCCCCCCl)OCc1ccccc1. The second-order valence-corrected chi connectivity index (χ2v) is 8.14. The molecule has 0 unspecified atom stereocenters. The molecule has 36 heavy (non-hydrogen) atoms. The van der Waals surface area contributed by atoms with E-state index in [4.69, 9.17) is 44.8 Å². The van der Waals surface area contributed by atoms with E-state index in [1.54, 1.807) is 0 Å². The van der Waals surface area contributed by atoms with Crippen LogP contribution in [0.5, 0.6) is 0 Å². The first-order chi connectivity index (χ1) is 17.8. The van der Waals surface area contributed by atoms with Crippen molar-refractivity contribution in [3.05, 3.63) is 35.9 Å². The Hall–Kier alpha value is -1.46. The van der Waals surface area contributed by atoms with E-state index in [9.17, 15) is 4.79 Å². The number of hydrogen-bond acceptors (Lipinski definition) is 8. The molecule has 0 fully saturated rings. The third-order valence-corrected chi connectivity index (χ3v) is 5.03. The van der Waals surface area contributed by atoms with Crippen LogP contribution in [0, 0.1) is 0 Å². The maximum atomic E-state index is 11.6. The first-order valence-electron chi connectivity index (χ1n) is 12.8. The molecule has 208 valence electrons. The number of amides is 1. The molecule has 0 spiro atoms. The van der Waals surface area contributed by atoms with Crippen molar-refractivity contribution >= 4 is 17.7 Å². The van der Waals surface area contributed by atoms with Crippen LogP contribution in [0.15, 0.2) is 30.3 Å². The van der Waals surface area contributed by atoms with Gasteiger partial charge in [-0.3, -0.25) is 0 Å². The minimum atomic E-state index is -0.461. The summed E-state index contributed by atoms with van der Waals surface area (Å²) in [6, 6.07) is 9.52. The molecule has 0 bridgehead atoms. The second kappa shape index (κ2) is 26.6. The van der Waals surface area contributed by atoms with Crippen LogP contribution in [0.3, 0.4) is 0 Å². The smallest absolute Gasteiger partial charge is 0.407 e. The monoisotopic (exact) mass is 533 g/mol. The van der Waals surface area contributed by atoms with Crippen LogP contribution in [0.4, 0.5) is 4.79 Å². The van der Waals surface area contributed by atoms with Crippen molar-refractivity contribution in [3.63, 3.8) is 0 Å². The van der Waals surface area contributed by atoms with Crippen LogP contribution in [0.25, 0.3) is 0 Å². The van der Waals surface area contributed by atoms with Crippen LogP contribution in [-0.2, 0) is 39.8 Å². The molecule has 1 rings (SSSR count). The maximum absolute atomic E-state index is 11.6. The van der Waals surface area contributed by atoms with Gasteiger partial charge in [0, 0.05) is 19.0 Å². The lowest BCUT2D eigenvalue weighted by atomic mass is 10.2. The lowest BCUT2D eigenvalue weighted by Crippen LogP contribution is -2.28. The summed E-state index contributed by atoms with van der Waals surface area (Å²) in [4.78, 5) is 11.6. The summed E-state index contributed by atoms with van der Waals surface area (Å²) in [5.41, 5.74) is 0.945. The minimum Gasteiger partial charge on any atom is -0.445 e. The molecule has 9 nitrogen and oxygen atoms in total. The maximum Gasteiger partial charge on any atom is 0.407 e. The molecule has 0 aliphatic carbocycles. The minimum absolute atomic E-state index is 0.247. The fourth-order valence-electron chi connectivity index (χ4n) is 2.85. The predicted octanol–water partition coefficient (Wildman–Crippen LogP) is 3.81. The standard InChI is InChI=1S/C26H44ClNO8/c27-10-6-1-2-7-12-30-14-16-32-18-20-34-22-23-35-21-19-33-17-15-31-13-11-28-26(29)36-24-25-8-4-3-5-9-25/h3-5,8-9H,1-2,6-7,10-24H2,(H,28,29). The summed E-state index contributed by atoms with van der Waals surface area (Å²) in [6.45, 7) is 7.02. The number of alkyl carbamates (subject to hydrolysis) is 1. The van der Waals surface area contributed by atoms with E-state index >= 15 is 0 Å². The number of halogens is 1. The zero-order valence-electron chi connectivity index (χ0n) is 21.5. The van der Waals surface area contributed by atoms with E-state index in [0.29, 0.717) is 79.2 Å². The van der Waals surface area contributed by atoms with Crippen LogP contribution < -0.4 is 5.32 Å². The number of unbranched alkanes of at least 4 members (excludes halogenated alkanes) is 3. The van der Waals surface area contributed by atoms with Gasteiger partial charge in [0.15, 0.2) is 0 Å². The van der Waals surface area contributed by atoms with E-state index < -0.39 is 6.09 Å². The molecule has 0 heterocycles. The van der Waals surface area contributed by atoms with E-state index in [1.165, 1.54) is 12.8 Å². The van der Waals surface area contributed by atoms with Gasteiger partial charge in [0.1, 0.15) is 6.61 Å². The zero-order valence-corrected chi connectivity index (χ0v) is 22.2. The van der Waals surface area contributed by atoms with Gasteiger partial charge >= 0.3 is 6.09 Å². The summed E-state index contributed by atoms with van der Waals surface area (Å²) in [6.07, 6.45) is 4.03. The van der Waals surface area contributed by atoms with Crippen molar-refractivity contribution in [1.82, 2.24) is 5.32 Å². The molecule has 1 N–H and O–H groups in total.